The number of aryl methyl sites for hydroxylation is 1. The van der Waals surface area contributed by atoms with Gasteiger partial charge in [-0.3, -0.25) is 0 Å². The van der Waals surface area contributed by atoms with Crippen LogP contribution in [0.1, 0.15) is 29.4 Å². The first kappa shape index (κ1) is 17.6. The van der Waals surface area contributed by atoms with E-state index < -0.39 is 0 Å². The Morgan fingerprint density at radius 1 is 1.19 bits per heavy atom. The molecule has 0 radical (unpaired) electrons. The summed E-state index contributed by atoms with van der Waals surface area (Å²) < 4.78 is 2.37. The Balaban J connectivity index is 1.55. The van der Waals surface area contributed by atoms with Gasteiger partial charge >= 0.3 is 0 Å². The SMILES string of the molecule is Cc1nc(Cn2c(CC3CCN(CCN)CC3)nc3ccccc32)cs1. The van der Waals surface area contributed by atoms with Crippen molar-refractivity contribution in [1.29, 1.82) is 0 Å². The summed E-state index contributed by atoms with van der Waals surface area (Å²) in [7, 11) is 0. The molecule has 0 aliphatic carbocycles. The zero-order chi connectivity index (χ0) is 17.9. The molecule has 5 nitrogen and oxygen atoms in total. The molecule has 1 aliphatic rings. The zero-order valence-electron chi connectivity index (χ0n) is 15.4. The summed E-state index contributed by atoms with van der Waals surface area (Å²) in [6, 6.07) is 8.46. The number of piperidine rings is 1. The van der Waals surface area contributed by atoms with Crippen LogP contribution in [0, 0.1) is 12.8 Å². The number of hydrogen-bond acceptors (Lipinski definition) is 5. The zero-order valence-corrected chi connectivity index (χ0v) is 16.2. The number of hydrogen-bond donors (Lipinski definition) is 1. The van der Waals surface area contributed by atoms with Crippen LogP contribution in [0.3, 0.4) is 0 Å². The van der Waals surface area contributed by atoms with Gasteiger partial charge in [-0.05, 0) is 50.9 Å². The summed E-state index contributed by atoms with van der Waals surface area (Å²) in [5.74, 6) is 1.91. The molecule has 1 saturated heterocycles. The summed E-state index contributed by atoms with van der Waals surface area (Å²) in [4.78, 5) is 12.1. The lowest BCUT2D eigenvalue weighted by atomic mass is 9.93. The molecule has 2 aromatic heterocycles. The van der Waals surface area contributed by atoms with Crippen molar-refractivity contribution in [2.45, 2.75) is 32.7 Å². The molecule has 26 heavy (non-hydrogen) atoms. The Hall–Kier alpha value is -1.76. The number of nitrogens with two attached hydrogens (primary N) is 1. The smallest absolute Gasteiger partial charge is 0.110 e. The maximum atomic E-state index is 5.70. The first-order chi connectivity index (χ1) is 12.7. The van der Waals surface area contributed by atoms with Gasteiger partial charge in [-0.25, -0.2) is 9.97 Å². The molecule has 0 spiro atoms. The third-order valence-corrected chi connectivity index (χ3v) is 6.17. The number of fused-ring (bicyclic) bond motifs is 1. The molecule has 3 aromatic rings. The van der Waals surface area contributed by atoms with E-state index in [0.717, 1.165) is 55.4 Å². The summed E-state index contributed by atoms with van der Waals surface area (Å²) >= 11 is 1.72. The van der Waals surface area contributed by atoms with Crippen molar-refractivity contribution >= 4 is 22.4 Å². The van der Waals surface area contributed by atoms with E-state index in [2.05, 4.69) is 51.0 Å². The highest BCUT2D eigenvalue weighted by molar-refractivity contribution is 7.09. The van der Waals surface area contributed by atoms with Gasteiger partial charge in [0.25, 0.3) is 0 Å². The fourth-order valence-electron chi connectivity index (χ4n) is 3.96. The first-order valence-electron chi connectivity index (χ1n) is 9.50. The minimum atomic E-state index is 0.705. The number of thiazole rings is 1. The molecule has 0 amide bonds. The maximum absolute atomic E-state index is 5.70. The lowest BCUT2D eigenvalue weighted by molar-refractivity contribution is 0.186. The van der Waals surface area contributed by atoms with Crippen molar-refractivity contribution in [2.75, 3.05) is 26.2 Å². The van der Waals surface area contributed by atoms with E-state index in [0.29, 0.717) is 5.92 Å². The highest BCUT2D eigenvalue weighted by atomic mass is 32.1. The van der Waals surface area contributed by atoms with Crippen LogP contribution in [0.15, 0.2) is 29.6 Å². The Morgan fingerprint density at radius 3 is 2.73 bits per heavy atom. The van der Waals surface area contributed by atoms with Gasteiger partial charge in [0.2, 0.25) is 0 Å². The molecule has 1 fully saturated rings. The van der Waals surface area contributed by atoms with Crippen LogP contribution < -0.4 is 5.73 Å². The van der Waals surface area contributed by atoms with Crippen LogP contribution >= 0.6 is 11.3 Å². The van der Waals surface area contributed by atoms with Crippen LogP contribution in [0.5, 0.6) is 0 Å². The van der Waals surface area contributed by atoms with E-state index in [-0.39, 0.29) is 0 Å². The molecule has 4 rings (SSSR count). The molecule has 6 heteroatoms. The van der Waals surface area contributed by atoms with Crippen LogP contribution in [-0.2, 0) is 13.0 Å². The number of para-hydroxylation sites is 2. The van der Waals surface area contributed by atoms with Gasteiger partial charge in [-0.2, -0.15) is 0 Å². The number of imidazole rings is 1. The molecule has 0 bridgehead atoms. The topological polar surface area (TPSA) is 60.0 Å². The van der Waals surface area contributed by atoms with E-state index in [1.807, 2.05) is 0 Å². The van der Waals surface area contributed by atoms with Crippen LogP contribution in [-0.4, -0.2) is 45.6 Å². The van der Waals surface area contributed by atoms with Gasteiger partial charge in [0.05, 0.1) is 28.3 Å². The molecular weight excluding hydrogens is 342 g/mol. The number of benzene rings is 1. The third-order valence-electron chi connectivity index (χ3n) is 5.34. The van der Waals surface area contributed by atoms with Crippen molar-refractivity contribution in [1.82, 2.24) is 19.4 Å². The fourth-order valence-corrected chi connectivity index (χ4v) is 4.56. The van der Waals surface area contributed by atoms with E-state index in [1.54, 1.807) is 11.3 Å². The molecule has 0 atom stereocenters. The summed E-state index contributed by atoms with van der Waals surface area (Å²) in [6.45, 7) is 6.98. The minimum Gasteiger partial charge on any atom is -0.329 e. The first-order valence-corrected chi connectivity index (χ1v) is 10.4. The Labute approximate surface area is 158 Å². The number of likely N-dealkylation sites (tertiary alicyclic amines) is 1. The quantitative estimate of drug-likeness (QED) is 0.725. The van der Waals surface area contributed by atoms with E-state index in [4.69, 9.17) is 10.7 Å². The average molecular weight is 370 g/mol. The number of aromatic nitrogens is 3. The van der Waals surface area contributed by atoms with Gasteiger partial charge < -0.3 is 15.2 Å². The monoisotopic (exact) mass is 369 g/mol. The van der Waals surface area contributed by atoms with Gasteiger partial charge in [-0.1, -0.05) is 12.1 Å². The number of rotatable bonds is 6. The lowest BCUT2D eigenvalue weighted by Gasteiger charge is -2.31. The van der Waals surface area contributed by atoms with Crippen molar-refractivity contribution in [3.8, 4) is 0 Å². The standard InChI is InChI=1S/C20H27N5S/c1-15-22-17(14-26-15)13-25-19-5-3-2-4-18(19)23-20(25)12-16-6-9-24(10-7-16)11-8-21/h2-5,14,16H,6-13,21H2,1H3. The van der Waals surface area contributed by atoms with Crippen molar-refractivity contribution in [3.63, 3.8) is 0 Å². The normalized spacial score (nSPS) is 16.5. The molecule has 2 N–H and O–H groups in total. The molecule has 138 valence electrons. The Morgan fingerprint density at radius 2 is 2.00 bits per heavy atom. The van der Waals surface area contributed by atoms with Crippen LogP contribution in [0.4, 0.5) is 0 Å². The van der Waals surface area contributed by atoms with Crippen LogP contribution in [0.2, 0.25) is 0 Å². The van der Waals surface area contributed by atoms with Gasteiger partial charge in [0.15, 0.2) is 0 Å². The second kappa shape index (κ2) is 7.86. The third kappa shape index (κ3) is 3.82. The van der Waals surface area contributed by atoms with Gasteiger partial charge in [0.1, 0.15) is 5.82 Å². The van der Waals surface area contributed by atoms with Gasteiger partial charge in [-0.15, -0.1) is 11.3 Å². The summed E-state index contributed by atoms with van der Waals surface area (Å²) in [5.41, 5.74) is 9.14. The summed E-state index contributed by atoms with van der Waals surface area (Å²) in [6.07, 6.45) is 3.52. The molecule has 0 saturated carbocycles. The average Bonchev–Trinajstić information content (AvgIpc) is 3.21. The lowest BCUT2D eigenvalue weighted by Crippen LogP contribution is -2.37. The molecule has 3 heterocycles. The highest BCUT2D eigenvalue weighted by Crippen LogP contribution is 2.25. The van der Waals surface area contributed by atoms with E-state index >= 15 is 0 Å². The maximum Gasteiger partial charge on any atom is 0.110 e. The Kier molecular flexibility index (Phi) is 5.33. The molecule has 1 aliphatic heterocycles. The Bertz CT molecular complexity index is 860. The van der Waals surface area contributed by atoms with Crippen LogP contribution in [0.25, 0.3) is 11.0 Å². The number of nitrogens with zero attached hydrogens (tertiary/aromatic N) is 4. The molecule has 0 unspecified atom stereocenters. The van der Waals surface area contributed by atoms with E-state index in [9.17, 15) is 0 Å². The fraction of sp³-hybridized carbons (Fsp3) is 0.500. The van der Waals surface area contributed by atoms with E-state index in [1.165, 1.54) is 24.2 Å². The van der Waals surface area contributed by atoms with Crippen molar-refractivity contribution in [3.05, 3.63) is 46.2 Å². The largest absolute Gasteiger partial charge is 0.329 e. The molecular formula is C20H27N5S. The van der Waals surface area contributed by atoms with Gasteiger partial charge in [0, 0.05) is 24.9 Å². The second-order valence-corrected chi connectivity index (χ2v) is 8.30. The summed E-state index contributed by atoms with van der Waals surface area (Å²) in [5, 5.41) is 3.29. The minimum absolute atomic E-state index is 0.705. The highest BCUT2D eigenvalue weighted by Gasteiger charge is 2.22. The van der Waals surface area contributed by atoms with Crippen molar-refractivity contribution < 1.29 is 0 Å². The predicted molar refractivity (Wildman–Crippen MR) is 108 cm³/mol. The van der Waals surface area contributed by atoms with Crippen molar-refractivity contribution in [2.24, 2.45) is 11.7 Å². The molecule has 1 aromatic carbocycles. The second-order valence-electron chi connectivity index (χ2n) is 7.24. The predicted octanol–water partition coefficient (Wildman–Crippen LogP) is 3.06.